The molecule has 1 N–H and O–H groups in total. The van der Waals surface area contributed by atoms with Crippen LogP contribution in [0.2, 0.25) is 0 Å². The maximum atomic E-state index is 12.8. The smallest absolute Gasteiger partial charge is 0.339 e. The maximum Gasteiger partial charge on any atom is 0.339 e. The molecule has 2 heterocycles. The topological polar surface area (TPSA) is 94.3 Å². The Bertz CT molecular complexity index is 983. The number of esters is 1. The van der Waals surface area contributed by atoms with Crippen molar-refractivity contribution in [1.82, 2.24) is 15.5 Å². The fourth-order valence-corrected chi connectivity index (χ4v) is 2.64. The number of nitrogens with zero attached hydrogens (tertiary/aromatic N) is 2. The van der Waals surface area contributed by atoms with Crippen molar-refractivity contribution >= 4 is 23.0 Å². The van der Waals surface area contributed by atoms with Crippen molar-refractivity contribution in [3.05, 3.63) is 58.7 Å². The van der Waals surface area contributed by atoms with Gasteiger partial charge in [-0.25, -0.2) is 14.2 Å². The van der Waals surface area contributed by atoms with Gasteiger partial charge in [0.15, 0.2) is 6.61 Å². The fraction of sp³-hybridized carbons (Fsp3) is 0.263. The number of nitrogens with one attached hydrogen (secondary N) is 1. The molecule has 3 rings (SSSR count). The lowest BCUT2D eigenvalue weighted by molar-refractivity contribution is -0.124. The third-order valence-electron chi connectivity index (χ3n) is 3.95. The van der Waals surface area contributed by atoms with Gasteiger partial charge in [-0.15, -0.1) is 0 Å². The number of hydrogen-bond acceptors (Lipinski definition) is 6. The Morgan fingerprint density at radius 1 is 1.22 bits per heavy atom. The summed E-state index contributed by atoms with van der Waals surface area (Å²) in [6.45, 7) is 3.36. The Hall–Kier alpha value is -3.29. The van der Waals surface area contributed by atoms with Crippen LogP contribution >= 0.6 is 0 Å². The summed E-state index contributed by atoms with van der Waals surface area (Å²) in [5.41, 5.74) is 2.51. The lowest BCUT2D eigenvalue weighted by Gasteiger charge is -2.08. The zero-order valence-corrected chi connectivity index (χ0v) is 14.9. The average molecular weight is 371 g/mol. The Kier molecular flexibility index (Phi) is 5.44. The minimum atomic E-state index is -0.648. The van der Waals surface area contributed by atoms with Crippen molar-refractivity contribution in [2.45, 2.75) is 20.3 Å². The van der Waals surface area contributed by atoms with E-state index in [1.54, 1.807) is 32.0 Å². The van der Waals surface area contributed by atoms with E-state index >= 15 is 0 Å². The largest absolute Gasteiger partial charge is 0.452 e. The molecular formula is C19H18FN3O4. The van der Waals surface area contributed by atoms with Gasteiger partial charge in [-0.1, -0.05) is 17.3 Å². The first-order chi connectivity index (χ1) is 12.9. The molecule has 0 fully saturated rings. The third kappa shape index (κ3) is 4.46. The molecule has 2 aromatic heterocycles. The van der Waals surface area contributed by atoms with E-state index in [2.05, 4.69) is 15.5 Å². The highest BCUT2D eigenvalue weighted by atomic mass is 19.1. The van der Waals surface area contributed by atoms with Crippen molar-refractivity contribution in [3.8, 4) is 0 Å². The lowest BCUT2D eigenvalue weighted by atomic mass is 10.1. The van der Waals surface area contributed by atoms with Gasteiger partial charge in [-0.05, 0) is 44.0 Å². The van der Waals surface area contributed by atoms with Crippen LogP contribution in [-0.4, -0.2) is 35.2 Å². The van der Waals surface area contributed by atoms with Gasteiger partial charge in [0.1, 0.15) is 5.82 Å². The van der Waals surface area contributed by atoms with E-state index in [4.69, 9.17) is 9.26 Å². The molecule has 0 saturated carbocycles. The van der Waals surface area contributed by atoms with Crippen LogP contribution in [0.5, 0.6) is 0 Å². The number of amides is 1. The minimum absolute atomic E-state index is 0.253. The van der Waals surface area contributed by atoms with Crippen LogP contribution in [0.3, 0.4) is 0 Å². The van der Waals surface area contributed by atoms with Gasteiger partial charge in [0.05, 0.1) is 16.6 Å². The quantitative estimate of drug-likeness (QED) is 0.669. The number of ether oxygens (including phenoxy) is 1. The molecule has 0 aliphatic heterocycles. The monoisotopic (exact) mass is 371 g/mol. The van der Waals surface area contributed by atoms with Crippen molar-refractivity contribution < 1.29 is 23.2 Å². The summed E-state index contributed by atoms with van der Waals surface area (Å²) >= 11 is 0. The highest BCUT2D eigenvalue weighted by Crippen LogP contribution is 2.22. The number of aromatic nitrogens is 2. The number of carbonyl (C=O) groups excluding carboxylic acids is 2. The molecule has 0 saturated heterocycles. The number of pyridine rings is 1. The van der Waals surface area contributed by atoms with E-state index in [-0.39, 0.29) is 17.1 Å². The standard InChI is InChI=1S/C19H18FN3O4/c1-11-9-15(17-12(2)23-27-18(17)22-11)19(25)26-10-16(24)21-8-7-13-3-5-14(20)6-4-13/h3-6,9H,7-8,10H2,1-2H3,(H,21,24). The number of hydrogen-bond donors (Lipinski definition) is 1. The molecule has 140 valence electrons. The molecule has 0 bridgehead atoms. The second-order valence-corrected chi connectivity index (χ2v) is 6.06. The van der Waals surface area contributed by atoms with Crippen LogP contribution < -0.4 is 5.32 Å². The third-order valence-corrected chi connectivity index (χ3v) is 3.95. The molecule has 0 unspecified atom stereocenters. The number of benzene rings is 1. The Morgan fingerprint density at radius 2 is 1.96 bits per heavy atom. The summed E-state index contributed by atoms with van der Waals surface area (Å²) in [5, 5.41) is 6.93. The molecule has 27 heavy (non-hydrogen) atoms. The zero-order chi connectivity index (χ0) is 19.4. The molecule has 3 aromatic rings. The Morgan fingerprint density at radius 3 is 2.70 bits per heavy atom. The first kappa shape index (κ1) is 18.5. The van der Waals surface area contributed by atoms with Gasteiger partial charge >= 0.3 is 5.97 Å². The maximum absolute atomic E-state index is 12.8. The van der Waals surface area contributed by atoms with Crippen molar-refractivity contribution in [1.29, 1.82) is 0 Å². The molecule has 0 atom stereocenters. The highest BCUT2D eigenvalue weighted by Gasteiger charge is 2.19. The molecule has 0 aliphatic rings. The summed E-state index contributed by atoms with van der Waals surface area (Å²) in [6, 6.07) is 7.60. The molecular weight excluding hydrogens is 353 g/mol. The van der Waals surface area contributed by atoms with E-state index < -0.39 is 18.5 Å². The molecule has 0 radical (unpaired) electrons. The molecule has 0 aliphatic carbocycles. The molecule has 1 amide bonds. The highest BCUT2D eigenvalue weighted by molar-refractivity contribution is 6.03. The van der Waals surface area contributed by atoms with Gasteiger partial charge in [0.2, 0.25) is 0 Å². The first-order valence-electron chi connectivity index (χ1n) is 8.36. The van der Waals surface area contributed by atoms with Crippen LogP contribution in [0.4, 0.5) is 4.39 Å². The van der Waals surface area contributed by atoms with Crippen molar-refractivity contribution in [2.75, 3.05) is 13.2 Å². The van der Waals surface area contributed by atoms with Crippen molar-refractivity contribution in [2.24, 2.45) is 0 Å². The number of carbonyl (C=O) groups is 2. The molecule has 7 nitrogen and oxygen atoms in total. The average Bonchev–Trinajstić information content (AvgIpc) is 3.01. The van der Waals surface area contributed by atoms with E-state index in [1.807, 2.05) is 0 Å². The van der Waals surface area contributed by atoms with E-state index in [0.29, 0.717) is 29.7 Å². The summed E-state index contributed by atoms with van der Waals surface area (Å²) in [5.74, 6) is -1.38. The normalized spacial score (nSPS) is 10.8. The van der Waals surface area contributed by atoms with Crippen LogP contribution in [0.15, 0.2) is 34.9 Å². The van der Waals surface area contributed by atoms with Gasteiger partial charge in [0.25, 0.3) is 11.6 Å². The summed E-state index contributed by atoms with van der Waals surface area (Å²) in [7, 11) is 0. The number of rotatable bonds is 6. The van der Waals surface area contributed by atoms with E-state index in [1.165, 1.54) is 12.1 Å². The predicted octanol–water partition coefficient (Wildman–Crippen LogP) is 2.49. The fourth-order valence-electron chi connectivity index (χ4n) is 2.64. The Balaban J connectivity index is 1.54. The van der Waals surface area contributed by atoms with Crippen LogP contribution in [-0.2, 0) is 16.0 Å². The first-order valence-corrected chi connectivity index (χ1v) is 8.36. The number of aryl methyl sites for hydroxylation is 2. The van der Waals surface area contributed by atoms with Gasteiger partial charge < -0.3 is 14.6 Å². The molecule has 1 aromatic carbocycles. The van der Waals surface area contributed by atoms with Gasteiger partial charge in [0, 0.05) is 12.2 Å². The molecule has 8 heteroatoms. The van der Waals surface area contributed by atoms with Crippen molar-refractivity contribution in [3.63, 3.8) is 0 Å². The van der Waals surface area contributed by atoms with Crippen LogP contribution in [0.25, 0.3) is 11.1 Å². The second-order valence-electron chi connectivity index (χ2n) is 6.06. The van der Waals surface area contributed by atoms with E-state index in [0.717, 1.165) is 5.56 Å². The number of fused-ring (bicyclic) bond motifs is 1. The summed E-state index contributed by atoms with van der Waals surface area (Å²) in [4.78, 5) is 28.4. The minimum Gasteiger partial charge on any atom is -0.452 e. The predicted molar refractivity (Wildman–Crippen MR) is 94.7 cm³/mol. The van der Waals surface area contributed by atoms with Gasteiger partial charge in [-0.2, -0.15) is 0 Å². The summed E-state index contributed by atoms with van der Waals surface area (Å²) < 4.78 is 23.0. The van der Waals surface area contributed by atoms with Crippen LogP contribution in [0.1, 0.15) is 27.3 Å². The SMILES string of the molecule is Cc1cc(C(=O)OCC(=O)NCCc2ccc(F)cc2)c2c(C)noc2n1. The van der Waals surface area contributed by atoms with E-state index in [9.17, 15) is 14.0 Å². The van der Waals surface area contributed by atoms with Crippen LogP contribution in [0, 0.1) is 19.7 Å². The summed E-state index contributed by atoms with van der Waals surface area (Å²) in [6.07, 6.45) is 0.546. The van der Waals surface area contributed by atoms with Gasteiger partial charge in [-0.3, -0.25) is 4.79 Å². The lowest BCUT2D eigenvalue weighted by Crippen LogP contribution is -2.30. The second kappa shape index (κ2) is 7.94. The number of halogens is 1. The molecule has 0 spiro atoms. The Labute approximate surface area is 154 Å². The zero-order valence-electron chi connectivity index (χ0n) is 14.9.